The molecule has 0 spiro atoms. The molecule has 6 heteroatoms. The Morgan fingerprint density at radius 3 is 2.29 bits per heavy atom. The molecule has 1 heterocycles. The fraction of sp³-hybridized carbons (Fsp3) is 0.278. The monoisotopic (exact) mass is 330 g/mol. The zero-order valence-electron chi connectivity index (χ0n) is 13.9. The van der Waals surface area contributed by atoms with Gasteiger partial charge in [-0.1, -0.05) is 0 Å². The van der Waals surface area contributed by atoms with Crippen molar-refractivity contribution >= 4 is 11.8 Å². The average Bonchev–Trinajstić information content (AvgIpc) is 2.53. The van der Waals surface area contributed by atoms with E-state index in [0.717, 1.165) is 0 Å². The Balaban J connectivity index is 2.16. The molecule has 0 aliphatic heterocycles. The summed E-state index contributed by atoms with van der Waals surface area (Å²) in [5.41, 5.74) is 0.467. The molecular formula is C18H18O6. The number of hydrogen-bond donors (Lipinski definition) is 0. The Bertz CT molecular complexity index is 790. The number of hydrogen-bond acceptors (Lipinski definition) is 6. The van der Waals surface area contributed by atoms with Crippen LogP contribution in [-0.2, 0) is 4.74 Å². The van der Waals surface area contributed by atoms with Crippen LogP contribution < -0.4 is 10.4 Å². The maximum absolute atomic E-state index is 12.3. The molecule has 6 nitrogen and oxygen atoms in total. The van der Waals surface area contributed by atoms with Crippen LogP contribution in [-0.4, -0.2) is 25.0 Å². The van der Waals surface area contributed by atoms with Crippen LogP contribution in [0.5, 0.6) is 5.75 Å². The van der Waals surface area contributed by atoms with Crippen molar-refractivity contribution in [1.29, 1.82) is 0 Å². The molecule has 0 fully saturated rings. The number of rotatable bonds is 5. The third-order valence-corrected chi connectivity index (χ3v) is 3.57. The van der Waals surface area contributed by atoms with Gasteiger partial charge in [-0.15, -0.1) is 0 Å². The number of aryl methyl sites for hydroxylation is 2. The number of ketones is 1. The molecule has 0 radical (unpaired) electrons. The lowest BCUT2D eigenvalue weighted by Gasteiger charge is -2.14. The van der Waals surface area contributed by atoms with Gasteiger partial charge in [0.15, 0.2) is 6.10 Å². The van der Waals surface area contributed by atoms with Gasteiger partial charge in [0, 0.05) is 11.6 Å². The Labute approximate surface area is 139 Å². The summed E-state index contributed by atoms with van der Waals surface area (Å²) in [6, 6.07) is 7.72. The van der Waals surface area contributed by atoms with Crippen LogP contribution in [0, 0.1) is 13.8 Å². The molecule has 0 N–H and O–H groups in total. The second-order valence-corrected chi connectivity index (χ2v) is 5.32. The fourth-order valence-corrected chi connectivity index (χ4v) is 2.33. The largest absolute Gasteiger partial charge is 0.497 e. The second-order valence-electron chi connectivity index (χ2n) is 5.32. The molecule has 1 aromatic carbocycles. The summed E-state index contributed by atoms with van der Waals surface area (Å²) in [5, 5.41) is 0. The van der Waals surface area contributed by atoms with Gasteiger partial charge in [0.2, 0.25) is 5.78 Å². The summed E-state index contributed by atoms with van der Waals surface area (Å²) in [7, 11) is 1.53. The molecule has 0 aliphatic carbocycles. The number of benzene rings is 1. The van der Waals surface area contributed by atoms with Crippen molar-refractivity contribution in [2.45, 2.75) is 26.9 Å². The van der Waals surface area contributed by atoms with Crippen molar-refractivity contribution < 1.29 is 23.5 Å². The van der Waals surface area contributed by atoms with Crippen molar-refractivity contribution in [2.75, 3.05) is 7.11 Å². The Morgan fingerprint density at radius 1 is 1.12 bits per heavy atom. The van der Waals surface area contributed by atoms with E-state index in [4.69, 9.17) is 13.9 Å². The van der Waals surface area contributed by atoms with Gasteiger partial charge in [0.25, 0.3) is 0 Å². The van der Waals surface area contributed by atoms with Crippen molar-refractivity contribution in [3.63, 3.8) is 0 Å². The molecule has 1 aromatic heterocycles. The van der Waals surface area contributed by atoms with Crippen LogP contribution in [0.1, 0.15) is 39.0 Å². The van der Waals surface area contributed by atoms with E-state index >= 15 is 0 Å². The van der Waals surface area contributed by atoms with Crippen molar-refractivity contribution in [2.24, 2.45) is 0 Å². The Kier molecular flexibility index (Phi) is 5.18. The van der Waals surface area contributed by atoms with E-state index in [9.17, 15) is 14.4 Å². The van der Waals surface area contributed by atoms with E-state index < -0.39 is 17.7 Å². The standard InChI is InChI=1S/C18H18O6/c1-10-9-15(19)23-11(2)16(10)18(21)24-12(3)17(20)13-5-7-14(22-4)8-6-13/h5-9,12H,1-4H3/t12-/m0/s1. The quantitative estimate of drug-likeness (QED) is 0.619. The van der Waals surface area contributed by atoms with Gasteiger partial charge < -0.3 is 13.9 Å². The molecule has 2 aromatic rings. The molecule has 0 amide bonds. The molecule has 1 atom stereocenters. The summed E-state index contributed by atoms with van der Waals surface area (Å²) in [6.45, 7) is 4.60. The minimum Gasteiger partial charge on any atom is -0.497 e. The summed E-state index contributed by atoms with van der Waals surface area (Å²) in [5.74, 6) is -0.252. The first-order valence-electron chi connectivity index (χ1n) is 7.34. The molecule has 0 unspecified atom stereocenters. The first kappa shape index (κ1) is 17.5. The Hall–Kier alpha value is -2.89. The normalized spacial score (nSPS) is 11.7. The number of methoxy groups -OCH3 is 1. The summed E-state index contributed by atoms with van der Waals surface area (Å²) < 4.78 is 15.2. The second kappa shape index (κ2) is 7.12. The summed E-state index contributed by atoms with van der Waals surface area (Å²) >= 11 is 0. The van der Waals surface area contributed by atoms with E-state index in [2.05, 4.69) is 0 Å². The molecule has 24 heavy (non-hydrogen) atoms. The summed E-state index contributed by atoms with van der Waals surface area (Å²) in [6.07, 6.45) is -0.975. The third-order valence-electron chi connectivity index (χ3n) is 3.57. The zero-order chi connectivity index (χ0) is 17.9. The van der Waals surface area contributed by atoms with Gasteiger partial charge in [0.1, 0.15) is 17.1 Å². The first-order chi connectivity index (χ1) is 11.3. The Morgan fingerprint density at radius 2 is 1.75 bits per heavy atom. The van der Waals surface area contributed by atoms with Gasteiger partial charge >= 0.3 is 11.6 Å². The van der Waals surface area contributed by atoms with Gasteiger partial charge in [-0.25, -0.2) is 9.59 Å². The van der Waals surface area contributed by atoms with Crippen molar-refractivity contribution in [3.05, 3.63) is 63.2 Å². The van der Waals surface area contributed by atoms with Crippen molar-refractivity contribution in [1.82, 2.24) is 0 Å². The molecule has 0 bridgehead atoms. The van der Waals surface area contributed by atoms with Gasteiger partial charge in [-0.05, 0) is 50.6 Å². The number of Topliss-reactive ketones (excluding diaryl/α,β-unsaturated/α-hetero) is 1. The van der Waals surface area contributed by atoms with Gasteiger partial charge in [-0.3, -0.25) is 4.79 Å². The average molecular weight is 330 g/mol. The zero-order valence-corrected chi connectivity index (χ0v) is 13.9. The van der Waals surface area contributed by atoms with Crippen LogP contribution in [0.15, 0.2) is 39.5 Å². The number of carbonyl (C=O) groups is 2. The fourth-order valence-electron chi connectivity index (χ4n) is 2.33. The van der Waals surface area contributed by atoms with E-state index in [1.807, 2.05) is 0 Å². The highest BCUT2D eigenvalue weighted by Crippen LogP contribution is 2.17. The van der Waals surface area contributed by atoms with Crippen LogP contribution >= 0.6 is 0 Å². The maximum Gasteiger partial charge on any atom is 0.342 e. The predicted molar refractivity (Wildman–Crippen MR) is 86.7 cm³/mol. The highest BCUT2D eigenvalue weighted by Gasteiger charge is 2.23. The van der Waals surface area contributed by atoms with E-state index in [1.165, 1.54) is 27.0 Å². The third kappa shape index (κ3) is 3.71. The number of ether oxygens (including phenoxy) is 2. The summed E-state index contributed by atoms with van der Waals surface area (Å²) in [4.78, 5) is 35.9. The number of esters is 1. The van der Waals surface area contributed by atoms with Crippen LogP contribution in [0.25, 0.3) is 0 Å². The first-order valence-corrected chi connectivity index (χ1v) is 7.34. The van der Waals surface area contributed by atoms with E-state index in [-0.39, 0.29) is 17.1 Å². The number of carbonyl (C=O) groups excluding carboxylic acids is 2. The van der Waals surface area contributed by atoms with E-state index in [0.29, 0.717) is 16.9 Å². The molecule has 0 saturated heterocycles. The topological polar surface area (TPSA) is 82.8 Å². The van der Waals surface area contributed by atoms with Gasteiger partial charge in [-0.2, -0.15) is 0 Å². The lowest BCUT2D eigenvalue weighted by molar-refractivity contribution is 0.0314. The minimum atomic E-state index is -0.975. The van der Waals surface area contributed by atoms with E-state index in [1.54, 1.807) is 31.2 Å². The highest BCUT2D eigenvalue weighted by molar-refractivity contribution is 6.01. The highest BCUT2D eigenvalue weighted by atomic mass is 16.5. The molecule has 0 saturated carbocycles. The lowest BCUT2D eigenvalue weighted by atomic mass is 10.1. The van der Waals surface area contributed by atoms with Gasteiger partial charge in [0.05, 0.1) is 7.11 Å². The van der Waals surface area contributed by atoms with Crippen molar-refractivity contribution in [3.8, 4) is 5.75 Å². The maximum atomic E-state index is 12.3. The van der Waals surface area contributed by atoms with Crippen LogP contribution in [0.3, 0.4) is 0 Å². The minimum absolute atomic E-state index is 0.156. The lowest BCUT2D eigenvalue weighted by Crippen LogP contribution is -2.25. The molecule has 2 rings (SSSR count). The molecule has 126 valence electrons. The SMILES string of the molecule is COc1ccc(C(=O)[C@H](C)OC(=O)c2c(C)cc(=O)oc2C)cc1. The molecular weight excluding hydrogens is 312 g/mol. The predicted octanol–water partition coefficient (Wildman–Crippen LogP) is 2.69. The van der Waals surface area contributed by atoms with Crippen LogP contribution in [0.4, 0.5) is 0 Å². The van der Waals surface area contributed by atoms with Crippen LogP contribution in [0.2, 0.25) is 0 Å². The smallest absolute Gasteiger partial charge is 0.342 e. The molecule has 0 aliphatic rings.